The van der Waals surface area contributed by atoms with Crippen LogP contribution >= 0.6 is 0 Å². The molecule has 4 heterocycles. The quantitative estimate of drug-likeness (QED) is 0.746. The molecule has 2 fully saturated rings. The fraction of sp³-hybridized carbons (Fsp3) is 0.600. The number of fused-ring (bicyclic) bond motifs is 1. The highest BCUT2D eigenvalue weighted by atomic mass is 16.2. The van der Waals surface area contributed by atoms with Crippen LogP contribution in [-0.4, -0.2) is 45.5 Å². The van der Waals surface area contributed by atoms with Gasteiger partial charge in [0.1, 0.15) is 0 Å². The Morgan fingerprint density at radius 3 is 2.91 bits per heavy atom. The number of carbonyl (C=O) groups excluding carboxylic acids is 3. The van der Waals surface area contributed by atoms with Crippen LogP contribution in [0.25, 0.3) is 0 Å². The van der Waals surface area contributed by atoms with Gasteiger partial charge < -0.3 is 4.90 Å². The molecule has 0 radical (unpaired) electrons. The Balaban J connectivity index is 1.56. The van der Waals surface area contributed by atoms with Crippen LogP contribution in [0, 0.1) is 5.41 Å². The maximum absolute atomic E-state index is 12.8. The Hall–Kier alpha value is -2.18. The lowest BCUT2D eigenvalue weighted by atomic mass is 9.85. The Bertz CT molecular complexity index is 680. The van der Waals surface area contributed by atoms with E-state index in [4.69, 9.17) is 0 Å². The standard InChI is InChI=1S/C15H18N4O3/c20-12-7-15(14(22)17-12)4-6-18(9-15)13(21)10-8-16-19-5-2-1-3-11(10)19/h8H,1-7,9H2,(H,17,20,22)/t15-/m0/s1. The molecule has 1 N–H and O–H groups in total. The van der Waals surface area contributed by atoms with Crippen molar-refractivity contribution in [1.82, 2.24) is 20.0 Å². The van der Waals surface area contributed by atoms with Gasteiger partial charge >= 0.3 is 0 Å². The third-order valence-electron chi connectivity index (χ3n) is 5.09. The molecule has 7 nitrogen and oxygen atoms in total. The summed E-state index contributed by atoms with van der Waals surface area (Å²) < 4.78 is 1.91. The highest BCUT2D eigenvalue weighted by molar-refractivity contribution is 6.07. The van der Waals surface area contributed by atoms with Crippen LogP contribution in [0.1, 0.15) is 41.7 Å². The van der Waals surface area contributed by atoms with Crippen molar-refractivity contribution in [3.05, 3.63) is 17.5 Å². The van der Waals surface area contributed by atoms with Gasteiger partial charge in [0.25, 0.3) is 5.91 Å². The highest BCUT2D eigenvalue weighted by Crippen LogP contribution is 2.38. The second-order valence-electron chi connectivity index (χ2n) is 6.50. The molecule has 3 amide bonds. The number of hydrogen-bond donors (Lipinski definition) is 1. The second-order valence-corrected chi connectivity index (χ2v) is 6.50. The van der Waals surface area contributed by atoms with Crippen LogP contribution in [0.4, 0.5) is 0 Å². The van der Waals surface area contributed by atoms with E-state index in [9.17, 15) is 14.4 Å². The molecule has 1 spiro atoms. The minimum Gasteiger partial charge on any atom is -0.337 e. The van der Waals surface area contributed by atoms with Crippen LogP contribution in [0.15, 0.2) is 6.20 Å². The molecule has 1 aromatic rings. The van der Waals surface area contributed by atoms with E-state index in [-0.39, 0.29) is 24.1 Å². The average molecular weight is 302 g/mol. The summed E-state index contributed by atoms with van der Waals surface area (Å²) in [6.07, 6.45) is 5.44. The normalized spacial score (nSPS) is 27.4. The number of imide groups is 1. The molecule has 2 saturated heterocycles. The van der Waals surface area contributed by atoms with Gasteiger partial charge in [-0.25, -0.2) is 0 Å². The van der Waals surface area contributed by atoms with E-state index in [2.05, 4.69) is 10.4 Å². The molecule has 0 aliphatic carbocycles. The minimum absolute atomic E-state index is 0.0628. The summed E-state index contributed by atoms with van der Waals surface area (Å²) in [5.41, 5.74) is 0.950. The largest absolute Gasteiger partial charge is 0.337 e. The number of aromatic nitrogens is 2. The van der Waals surface area contributed by atoms with E-state index in [1.165, 1.54) is 0 Å². The molecule has 3 aliphatic heterocycles. The fourth-order valence-electron chi connectivity index (χ4n) is 3.84. The van der Waals surface area contributed by atoms with Crippen LogP contribution in [-0.2, 0) is 22.6 Å². The van der Waals surface area contributed by atoms with E-state index in [0.29, 0.717) is 25.1 Å². The number of carbonyl (C=O) groups is 3. The van der Waals surface area contributed by atoms with Gasteiger partial charge in [0, 0.05) is 26.1 Å². The van der Waals surface area contributed by atoms with E-state index in [1.807, 2.05) is 4.68 Å². The van der Waals surface area contributed by atoms with Crippen LogP contribution in [0.5, 0.6) is 0 Å². The summed E-state index contributed by atoms with van der Waals surface area (Å²) in [5, 5.41) is 6.66. The van der Waals surface area contributed by atoms with Gasteiger partial charge in [-0.3, -0.25) is 24.4 Å². The lowest BCUT2D eigenvalue weighted by Gasteiger charge is -2.21. The smallest absolute Gasteiger partial charge is 0.257 e. The molecule has 4 rings (SSSR count). The van der Waals surface area contributed by atoms with Crippen molar-refractivity contribution in [3.63, 3.8) is 0 Å². The predicted octanol–water partition coefficient (Wildman–Crippen LogP) is 0.0982. The molecular formula is C15H18N4O3. The van der Waals surface area contributed by atoms with Crippen LogP contribution in [0.3, 0.4) is 0 Å². The van der Waals surface area contributed by atoms with Gasteiger partial charge in [0.2, 0.25) is 11.8 Å². The molecule has 22 heavy (non-hydrogen) atoms. The first-order valence-electron chi connectivity index (χ1n) is 7.77. The van der Waals surface area contributed by atoms with Crippen LogP contribution < -0.4 is 5.32 Å². The van der Waals surface area contributed by atoms with Gasteiger partial charge in [0.15, 0.2) is 0 Å². The van der Waals surface area contributed by atoms with Crippen molar-refractivity contribution in [2.75, 3.05) is 13.1 Å². The van der Waals surface area contributed by atoms with Gasteiger partial charge in [-0.1, -0.05) is 0 Å². The fourth-order valence-corrected chi connectivity index (χ4v) is 3.84. The van der Waals surface area contributed by atoms with Gasteiger partial charge in [0.05, 0.1) is 22.9 Å². The van der Waals surface area contributed by atoms with Gasteiger partial charge in [-0.2, -0.15) is 5.10 Å². The lowest BCUT2D eigenvalue weighted by Crippen LogP contribution is -2.37. The number of nitrogens with one attached hydrogen (secondary N) is 1. The summed E-state index contributed by atoms with van der Waals surface area (Å²) in [6.45, 7) is 1.71. The third kappa shape index (κ3) is 1.88. The molecule has 1 atom stereocenters. The number of aryl methyl sites for hydroxylation is 1. The Morgan fingerprint density at radius 1 is 1.27 bits per heavy atom. The molecule has 0 aromatic carbocycles. The number of likely N-dealkylation sites (tertiary alicyclic amines) is 1. The number of amides is 3. The monoisotopic (exact) mass is 302 g/mol. The van der Waals surface area contributed by atoms with Crippen LogP contribution in [0.2, 0.25) is 0 Å². The summed E-state index contributed by atoms with van der Waals surface area (Å²) in [5.74, 6) is -0.528. The lowest BCUT2D eigenvalue weighted by molar-refractivity contribution is -0.128. The first-order chi connectivity index (χ1) is 10.6. The first kappa shape index (κ1) is 13.5. The van der Waals surface area contributed by atoms with E-state index in [1.54, 1.807) is 11.1 Å². The summed E-state index contributed by atoms with van der Waals surface area (Å²) in [7, 11) is 0. The summed E-state index contributed by atoms with van der Waals surface area (Å²) in [6, 6.07) is 0. The molecule has 116 valence electrons. The highest BCUT2D eigenvalue weighted by Gasteiger charge is 2.52. The SMILES string of the molecule is O=C1C[C@]2(CCN(C(=O)c3cnn4c3CCCC4)C2)C(=O)N1. The maximum Gasteiger partial charge on any atom is 0.257 e. The topological polar surface area (TPSA) is 84.3 Å². The molecule has 0 saturated carbocycles. The number of nitrogens with zero attached hydrogens (tertiary/aromatic N) is 3. The van der Waals surface area contributed by atoms with Crippen molar-refractivity contribution < 1.29 is 14.4 Å². The number of rotatable bonds is 1. The van der Waals surface area contributed by atoms with Gasteiger partial charge in [-0.05, 0) is 25.7 Å². The zero-order valence-corrected chi connectivity index (χ0v) is 12.3. The van der Waals surface area contributed by atoms with Crippen molar-refractivity contribution >= 4 is 17.7 Å². The summed E-state index contributed by atoms with van der Waals surface area (Å²) >= 11 is 0. The molecule has 3 aliphatic rings. The van der Waals surface area contributed by atoms with E-state index in [0.717, 1.165) is 31.5 Å². The molecule has 0 bridgehead atoms. The Labute approximate surface area is 127 Å². The van der Waals surface area contributed by atoms with E-state index >= 15 is 0 Å². The average Bonchev–Trinajstić information content (AvgIpc) is 3.17. The van der Waals surface area contributed by atoms with Gasteiger partial charge in [-0.15, -0.1) is 0 Å². The number of hydrogen-bond acceptors (Lipinski definition) is 4. The second kappa shape index (κ2) is 4.66. The first-order valence-corrected chi connectivity index (χ1v) is 7.77. The third-order valence-corrected chi connectivity index (χ3v) is 5.09. The van der Waals surface area contributed by atoms with Crippen molar-refractivity contribution in [3.8, 4) is 0 Å². The van der Waals surface area contributed by atoms with Crippen molar-refractivity contribution in [2.24, 2.45) is 5.41 Å². The minimum atomic E-state index is -0.708. The predicted molar refractivity (Wildman–Crippen MR) is 75.9 cm³/mol. The molecule has 7 heteroatoms. The maximum atomic E-state index is 12.8. The molecule has 0 unspecified atom stereocenters. The molecular weight excluding hydrogens is 284 g/mol. The Kier molecular flexibility index (Phi) is 2.85. The zero-order chi connectivity index (χ0) is 15.3. The van der Waals surface area contributed by atoms with Crippen molar-refractivity contribution in [1.29, 1.82) is 0 Å². The molecule has 1 aromatic heterocycles. The summed E-state index contributed by atoms with van der Waals surface area (Å²) in [4.78, 5) is 37.9. The zero-order valence-electron chi connectivity index (χ0n) is 12.3. The van der Waals surface area contributed by atoms with Crippen molar-refractivity contribution in [2.45, 2.75) is 38.6 Å². The Morgan fingerprint density at radius 2 is 2.14 bits per heavy atom. The van der Waals surface area contributed by atoms with E-state index < -0.39 is 5.41 Å².